The lowest BCUT2D eigenvalue weighted by atomic mass is 10.3. The van der Waals surface area contributed by atoms with Crippen LogP contribution in [-0.4, -0.2) is 9.97 Å². The van der Waals surface area contributed by atoms with Crippen molar-refractivity contribution in [1.82, 2.24) is 9.97 Å². The Morgan fingerprint density at radius 2 is 2.27 bits per heavy atom. The molecular weight excluding hydrogens is 204 g/mol. The summed E-state index contributed by atoms with van der Waals surface area (Å²) in [6, 6.07) is 4.12. The Morgan fingerprint density at radius 1 is 1.45 bits per heavy atom. The SMILES string of the molecule is Cc1cc2cc(Br)cnc2[nH]1. The van der Waals surface area contributed by atoms with E-state index in [1.54, 1.807) is 6.20 Å². The lowest BCUT2D eigenvalue weighted by Gasteiger charge is -1.88. The average Bonchev–Trinajstić information content (AvgIpc) is 2.27. The molecule has 0 aromatic carbocycles. The van der Waals surface area contributed by atoms with Gasteiger partial charge in [-0.1, -0.05) is 0 Å². The van der Waals surface area contributed by atoms with E-state index in [4.69, 9.17) is 0 Å². The molecule has 0 aliphatic carbocycles. The van der Waals surface area contributed by atoms with Crippen molar-refractivity contribution in [3.05, 3.63) is 28.5 Å². The molecule has 1 N–H and O–H groups in total. The van der Waals surface area contributed by atoms with Crippen LogP contribution in [0.5, 0.6) is 0 Å². The van der Waals surface area contributed by atoms with Gasteiger partial charge in [-0.05, 0) is 35.0 Å². The second-order valence-corrected chi connectivity index (χ2v) is 3.46. The summed E-state index contributed by atoms with van der Waals surface area (Å²) in [4.78, 5) is 7.35. The number of halogens is 1. The number of fused-ring (bicyclic) bond motifs is 1. The highest BCUT2D eigenvalue weighted by Gasteiger charge is 1.97. The third kappa shape index (κ3) is 1.16. The second kappa shape index (κ2) is 2.34. The normalized spacial score (nSPS) is 10.7. The Bertz CT molecular complexity index is 392. The number of aromatic nitrogens is 2. The highest BCUT2D eigenvalue weighted by atomic mass is 79.9. The molecule has 0 bridgehead atoms. The first-order valence-corrected chi connectivity index (χ1v) is 4.16. The van der Waals surface area contributed by atoms with Crippen LogP contribution in [0.4, 0.5) is 0 Å². The summed E-state index contributed by atoms with van der Waals surface area (Å²) in [5, 5.41) is 1.15. The van der Waals surface area contributed by atoms with Crippen LogP contribution in [-0.2, 0) is 0 Å². The summed E-state index contributed by atoms with van der Waals surface area (Å²) in [6.07, 6.45) is 1.79. The maximum Gasteiger partial charge on any atom is 0.137 e. The van der Waals surface area contributed by atoms with Gasteiger partial charge in [0.1, 0.15) is 5.65 Å². The van der Waals surface area contributed by atoms with Gasteiger partial charge in [0.2, 0.25) is 0 Å². The molecule has 2 nitrogen and oxygen atoms in total. The maximum absolute atomic E-state index is 4.20. The van der Waals surface area contributed by atoms with E-state index in [1.165, 1.54) is 0 Å². The van der Waals surface area contributed by atoms with Gasteiger partial charge in [-0.3, -0.25) is 0 Å². The molecule has 0 amide bonds. The number of nitrogens with one attached hydrogen (secondary N) is 1. The van der Waals surface area contributed by atoms with Crippen LogP contribution in [0.1, 0.15) is 5.69 Å². The molecule has 0 aliphatic heterocycles. The van der Waals surface area contributed by atoms with Gasteiger partial charge < -0.3 is 4.98 Å². The number of hydrogen-bond acceptors (Lipinski definition) is 1. The fourth-order valence-corrected chi connectivity index (χ4v) is 1.47. The number of nitrogens with zero attached hydrogens (tertiary/aromatic N) is 1. The minimum absolute atomic E-state index is 0.950. The molecule has 11 heavy (non-hydrogen) atoms. The smallest absolute Gasteiger partial charge is 0.137 e. The first-order valence-electron chi connectivity index (χ1n) is 3.36. The molecule has 0 aliphatic rings. The number of rotatable bonds is 0. The monoisotopic (exact) mass is 210 g/mol. The third-order valence-corrected chi connectivity index (χ3v) is 2.01. The maximum atomic E-state index is 4.20. The van der Waals surface area contributed by atoms with Crippen LogP contribution in [0, 0.1) is 6.92 Å². The van der Waals surface area contributed by atoms with Crippen molar-refractivity contribution in [2.75, 3.05) is 0 Å². The predicted molar refractivity (Wildman–Crippen MR) is 48.5 cm³/mol. The summed E-state index contributed by atoms with van der Waals surface area (Å²) in [6.45, 7) is 2.02. The van der Waals surface area contributed by atoms with Crippen LogP contribution in [0.15, 0.2) is 22.8 Å². The van der Waals surface area contributed by atoms with Crippen molar-refractivity contribution in [2.45, 2.75) is 6.92 Å². The summed E-state index contributed by atoms with van der Waals surface area (Å²) in [5.74, 6) is 0. The van der Waals surface area contributed by atoms with E-state index >= 15 is 0 Å². The molecule has 0 unspecified atom stereocenters. The Hall–Kier alpha value is -0.830. The Balaban J connectivity index is 2.82. The fourth-order valence-electron chi connectivity index (χ4n) is 1.13. The topological polar surface area (TPSA) is 28.7 Å². The van der Waals surface area contributed by atoms with E-state index in [1.807, 2.05) is 13.0 Å². The first kappa shape index (κ1) is 6.85. The predicted octanol–water partition coefficient (Wildman–Crippen LogP) is 2.63. The van der Waals surface area contributed by atoms with Crippen molar-refractivity contribution in [2.24, 2.45) is 0 Å². The molecular formula is C8H7BrN2. The van der Waals surface area contributed by atoms with E-state index in [9.17, 15) is 0 Å². The molecule has 0 spiro atoms. The average molecular weight is 211 g/mol. The summed E-state index contributed by atoms with van der Waals surface area (Å²) >= 11 is 3.37. The van der Waals surface area contributed by atoms with Crippen LogP contribution in [0.2, 0.25) is 0 Å². The minimum atomic E-state index is 0.950. The van der Waals surface area contributed by atoms with Crippen LogP contribution >= 0.6 is 15.9 Å². The lowest BCUT2D eigenvalue weighted by molar-refractivity contribution is 1.25. The zero-order valence-electron chi connectivity index (χ0n) is 6.06. The highest BCUT2D eigenvalue weighted by Crippen LogP contribution is 2.17. The third-order valence-electron chi connectivity index (χ3n) is 1.57. The Morgan fingerprint density at radius 3 is 3.09 bits per heavy atom. The van der Waals surface area contributed by atoms with Crippen molar-refractivity contribution in [3.63, 3.8) is 0 Å². The molecule has 3 heteroatoms. The standard InChI is InChI=1S/C8H7BrN2/c1-5-2-6-3-7(9)4-10-8(6)11-5/h2-4H,1H3,(H,10,11). The van der Waals surface area contributed by atoms with Gasteiger partial charge in [-0.15, -0.1) is 0 Å². The largest absolute Gasteiger partial charge is 0.344 e. The van der Waals surface area contributed by atoms with Gasteiger partial charge in [0.05, 0.1) is 0 Å². The molecule has 56 valence electrons. The van der Waals surface area contributed by atoms with Gasteiger partial charge in [0, 0.05) is 21.7 Å². The van der Waals surface area contributed by atoms with E-state index in [0.29, 0.717) is 0 Å². The molecule has 0 radical (unpaired) electrons. The fraction of sp³-hybridized carbons (Fsp3) is 0.125. The quantitative estimate of drug-likeness (QED) is 0.712. The number of H-pyrrole nitrogens is 1. The summed E-state index contributed by atoms with van der Waals surface area (Å²) in [7, 11) is 0. The van der Waals surface area contributed by atoms with Crippen molar-refractivity contribution in [1.29, 1.82) is 0 Å². The van der Waals surface area contributed by atoms with E-state index in [2.05, 4.69) is 32.0 Å². The molecule has 0 saturated carbocycles. The number of hydrogen-bond donors (Lipinski definition) is 1. The van der Waals surface area contributed by atoms with Crippen LogP contribution in [0.25, 0.3) is 11.0 Å². The molecule has 2 aromatic rings. The van der Waals surface area contributed by atoms with Gasteiger partial charge in [-0.2, -0.15) is 0 Å². The number of pyridine rings is 1. The van der Waals surface area contributed by atoms with Gasteiger partial charge in [0.25, 0.3) is 0 Å². The Labute approximate surface area is 72.8 Å². The van der Waals surface area contributed by atoms with Gasteiger partial charge in [0.15, 0.2) is 0 Å². The molecule has 2 heterocycles. The number of aryl methyl sites for hydroxylation is 1. The molecule has 0 saturated heterocycles. The molecule has 0 atom stereocenters. The van der Waals surface area contributed by atoms with Gasteiger partial charge >= 0.3 is 0 Å². The van der Waals surface area contributed by atoms with E-state index in [0.717, 1.165) is 21.2 Å². The second-order valence-electron chi connectivity index (χ2n) is 2.54. The highest BCUT2D eigenvalue weighted by molar-refractivity contribution is 9.10. The Kier molecular flexibility index (Phi) is 1.46. The first-order chi connectivity index (χ1) is 5.25. The molecule has 2 aromatic heterocycles. The van der Waals surface area contributed by atoms with E-state index < -0.39 is 0 Å². The minimum Gasteiger partial charge on any atom is -0.344 e. The zero-order chi connectivity index (χ0) is 7.84. The zero-order valence-corrected chi connectivity index (χ0v) is 7.64. The van der Waals surface area contributed by atoms with Crippen LogP contribution < -0.4 is 0 Å². The van der Waals surface area contributed by atoms with Crippen molar-refractivity contribution < 1.29 is 0 Å². The number of aromatic amines is 1. The van der Waals surface area contributed by atoms with E-state index in [-0.39, 0.29) is 0 Å². The molecule has 0 fully saturated rings. The van der Waals surface area contributed by atoms with Crippen molar-refractivity contribution >= 4 is 27.0 Å². The summed E-state index contributed by atoms with van der Waals surface area (Å²) < 4.78 is 1.02. The summed E-state index contributed by atoms with van der Waals surface area (Å²) in [5.41, 5.74) is 2.09. The molecule has 2 rings (SSSR count). The van der Waals surface area contributed by atoms with Crippen LogP contribution in [0.3, 0.4) is 0 Å². The lowest BCUT2D eigenvalue weighted by Crippen LogP contribution is -1.74. The van der Waals surface area contributed by atoms with Crippen molar-refractivity contribution in [3.8, 4) is 0 Å². The van der Waals surface area contributed by atoms with Gasteiger partial charge in [-0.25, -0.2) is 4.98 Å².